The molecular weight excluding hydrogens is 466 g/mol. The third-order valence-corrected chi connectivity index (χ3v) is 9.08. The maximum absolute atomic E-state index is 12.7. The van der Waals surface area contributed by atoms with Crippen LogP contribution in [0, 0.1) is 0 Å². The molecule has 4 rings (SSSR count). The molecule has 2 N–H and O–H groups in total. The second kappa shape index (κ2) is 9.90. The summed E-state index contributed by atoms with van der Waals surface area (Å²) in [6.07, 6.45) is 3.29. The summed E-state index contributed by atoms with van der Waals surface area (Å²) in [7, 11) is -7.32. The van der Waals surface area contributed by atoms with Crippen molar-refractivity contribution in [3.05, 3.63) is 54.1 Å². The third-order valence-electron chi connectivity index (χ3n) is 5.75. The summed E-state index contributed by atoms with van der Waals surface area (Å²) in [6.45, 7) is 1.85. The fourth-order valence-electron chi connectivity index (χ4n) is 3.89. The van der Waals surface area contributed by atoms with Crippen molar-refractivity contribution in [2.45, 2.75) is 41.6 Å². The molecule has 0 aliphatic carbocycles. The summed E-state index contributed by atoms with van der Waals surface area (Å²) in [4.78, 5) is 12.8. The van der Waals surface area contributed by atoms with E-state index in [4.69, 9.17) is 4.74 Å². The molecule has 2 aromatic carbocycles. The highest BCUT2D eigenvalue weighted by Gasteiger charge is 2.27. The standard InChI is InChI=1S/C22H27N3O6S2/c26-22(24-18-8-10-20(11-9-18)33(29,30)25-12-1-2-13-25)17-5-3-7-21(15-17)32(27,28)23-16-19-6-4-14-31-19/h3,5,7-11,15,19,23H,1-2,4,6,12-14,16H2,(H,24,26). The summed E-state index contributed by atoms with van der Waals surface area (Å²) >= 11 is 0. The Morgan fingerprint density at radius 1 is 0.970 bits per heavy atom. The number of benzene rings is 2. The fraction of sp³-hybridized carbons (Fsp3) is 0.409. The van der Waals surface area contributed by atoms with Crippen LogP contribution in [0.5, 0.6) is 0 Å². The Hall–Kier alpha value is -2.31. The molecule has 2 aliphatic rings. The van der Waals surface area contributed by atoms with Crippen LogP contribution in [0.15, 0.2) is 58.3 Å². The largest absolute Gasteiger partial charge is 0.377 e. The van der Waals surface area contributed by atoms with Gasteiger partial charge in [-0.2, -0.15) is 4.31 Å². The Balaban J connectivity index is 1.42. The zero-order valence-corrected chi connectivity index (χ0v) is 19.7. The van der Waals surface area contributed by atoms with Crippen molar-refractivity contribution < 1.29 is 26.4 Å². The van der Waals surface area contributed by atoms with Gasteiger partial charge < -0.3 is 10.1 Å². The summed E-state index contributed by atoms with van der Waals surface area (Å²) in [6, 6.07) is 11.7. The quantitative estimate of drug-likeness (QED) is 0.581. The van der Waals surface area contributed by atoms with Crippen molar-refractivity contribution in [2.24, 2.45) is 0 Å². The number of carbonyl (C=O) groups is 1. The number of carbonyl (C=O) groups excluding carboxylic acids is 1. The van der Waals surface area contributed by atoms with Gasteiger partial charge in [0, 0.05) is 37.5 Å². The molecule has 33 heavy (non-hydrogen) atoms. The lowest BCUT2D eigenvalue weighted by molar-refractivity contribution is 0.102. The van der Waals surface area contributed by atoms with Gasteiger partial charge in [0.2, 0.25) is 20.0 Å². The molecule has 2 saturated heterocycles. The van der Waals surface area contributed by atoms with Gasteiger partial charge in [0.25, 0.3) is 5.91 Å². The third kappa shape index (κ3) is 5.61. The molecule has 2 aliphatic heterocycles. The topological polar surface area (TPSA) is 122 Å². The van der Waals surface area contributed by atoms with E-state index in [0.29, 0.717) is 25.4 Å². The van der Waals surface area contributed by atoms with E-state index in [0.717, 1.165) is 25.7 Å². The van der Waals surface area contributed by atoms with Crippen molar-refractivity contribution in [1.82, 2.24) is 9.03 Å². The molecule has 0 saturated carbocycles. The van der Waals surface area contributed by atoms with E-state index in [1.165, 1.54) is 52.8 Å². The molecule has 11 heteroatoms. The summed E-state index contributed by atoms with van der Waals surface area (Å²) in [5, 5.41) is 2.68. The van der Waals surface area contributed by atoms with Crippen LogP contribution in [0.4, 0.5) is 5.69 Å². The number of anilines is 1. The first-order valence-electron chi connectivity index (χ1n) is 10.9. The predicted octanol–water partition coefficient (Wildman–Crippen LogP) is 2.18. The van der Waals surface area contributed by atoms with Crippen LogP contribution in [0.1, 0.15) is 36.0 Å². The molecule has 2 heterocycles. The highest BCUT2D eigenvalue weighted by Crippen LogP contribution is 2.23. The van der Waals surface area contributed by atoms with Gasteiger partial charge in [0.1, 0.15) is 0 Å². The normalized spacial score (nSPS) is 19.6. The van der Waals surface area contributed by atoms with Gasteiger partial charge >= 0.3 is 0 Å². The van der Waals surface area contributed by atoms with Crippen molar-refractivity contribution in [3.8, 4) is 0 Å². The van der Waals surface area contributed by atoms with Gasteiger partial charge in [0.05, 0.1) is 15.9 Å². The maximum Gasteiger partial charge on any atom is 0.255 e. The molecule has 9 nitrogen and oxygen atoms in total. The van der Waals surface area contributed by atoms with E-state index >= 15 is 0 Å². The van der Waals surface area contributed by atoms with Crippen LogP contribution in [0.25, 0.3) is 0 Å². The smallest absolute Gasteiger partial charge is 0.255 e. The average Bonchev–Trinajstić information content (AvgIpc) is 3.53. The summed E-state index contributed by atoms with van der Waals surface area (Å²) in [5.74, 6) is -0.499. The number of nitrogens with one attached hydrogen (secondary N) is 2. The molecule has 2 aromatic rings. The summed E-state index contributed by atoms with van der Waals surface area (Å²) < 4.78 is 59.9. The van der Waals surface area contributed by atoms with Gasteiger partial charge in [0.15, 0.2) is 0 Å². The first kappa shape index (κ1) is 23.8. The van der Waals surface area contributed by atoms with Crippen LogP contribution in [-0.2, 0) is 24.8 Å². The molecular formula is C22H27N3O6S2. The molecule has 1 atom stereocenters. The van der Waals surface area contributed by atoms with Crippen LogP contribution in [-0.4, -0.2) is 59.4 Å². The SMILES string of the molecule is O=C(Nc1ccc(S(=O)(=O)N2CCCC2)cc1)c1cccc(S(=O)(=O)NCC2CCCO2)c1. The fourth-order valence-corrected chi connectivity index (χ4v) is 6.52. The second-order valence-corrected chi connectivity index (χ2v) is 11.8. The van der Waals surface area contributed by atoms with Crippen LogP contribution in [0.3, 0.4) is 0 Å². The first-order chi connectivity index (χ1) is 15.8. The van der Waals surface area contributed by atoms with E-state index in [9.17, 15) is 21.6 Å². The Bertz CT molecular complexity index is 1200. The van der Waals surface area contributed by atoms with Crippen molar-refractivity contribution >= 4 is 31.6 Å². The van der Waals surface area contributed by atoms with E-state index in [1.807, 2.05) is 0 Å². The Labute approximate surface area is 194 Å². The lowest BCUT2D eigenvalue weighted by Crippen LogP contribution is -2.32. The van der Waals surface area contributed by atoms with Crippen molar-refractivity contribution in [2.75, 3.05) is 31.6 Å². The minimum Gasteiger partial charge on any atom is -0.377 e. The number of rotatable bonds is 8. The number of nitrogens with zero attached hydrogens (tertiary/aromatic N) is 1. The average molecular weight is 494 g/mol. The first-order valence-corrected chi connectivity index (χ1v) is 13.8. The maximum atomic E-state index is 12.7. The van der Waals surface area contributed by atoms with E-state index in [1.54, 1.807) is 0 Å². The number of hydrogen-bond acceptors (Lipinski definition) is 6. The zero-order chi connectivity index (χ0) is 23.5. The zero-order valence-electron chi connectivity index (χ0n) is 18.1. The van der Waals surface area contributed by atoms with Gasteiger partial charge in [-0.1, -0.05) is 6.07 Å². The lowest BCUT2D eigenvalue weighted by atomic mass is 10.2. The van der Waals surface area contributed by atoms with Gasteiger partial charge in [-0.15, -0.1) is 0 Å². The van der Waals surface area contributed by atoms with Crippen LogP contribution in [0.2, 0.25) is 0 Å². The van der Waals surface area contributed by atoms with Crippen LogP contribution < -0.4 is 10.0 Å². The molecule has 0 spiro atoms. The number of sulfonamides is 2. The summed E-state index contributed by atoms with van der Waals surface area (Å²) in [5.41, 5.74) is 0.578. The van der Waals surface area contributed by atoms with Crippen LogP contribution >= 0.6 is 0 Å². The predicted molar refractivity (Wildman–Crippen MR) is 123 cm³/mol. The van der Waals surface area contributed by atoms with Crippen molar-refractivity contribution in [3.63, 3.8) is 0 Å². The second-order valence-electron chi connectivity index (χ2n) is 8.10. The van der Waals surface area contributed by atoms with Gasteiger partial charge in [-0.05, 0) is 68.1 Å². The van der Waals surface area contributed by atoms with E-state index < -0.39 is 26.0 Å². The number of ether oxygens (including phenoxy) is 1. The molecule has 1 unspecified atom stereocenters. The van der Waals surface area contributed by atoms with E-state index in [-0.39, 0.29) is 28.0 Å². The van der Waals surface area contributed by atoms with Gasteiger partial charge in [-0.25, -0.2) is 21.6 Å². The van der Waals surface area contributed by atoms with E-state index in [2.05, 4.69) is 10.0 Å². The number of amides is 1. The van der Waals surface area contributed by atoms with Crippen molar-refractivity contribution in [1.29, 1.82) is 0 Å². The highest BCUT2D eigenvalue weighted by molar-refractivity contribution is 7.89. The minimum absolute atomic E-state index is 0.0137. The molecule has 178 valence electrons. The number of hydrogen-bond donors (Lipinski definition) is 2. The Morgan fingerprint density at radius 2 is 1.70 bits per heavy atom. The highest BCUT2D eigenvalue weighted by atomic mass is 32.2. The molecule has 0 aromatic heterocycles. The molecule has 0 bridgehead atoms. The van der Waals surface area contributed by atoms with Gasteiger partial charge in [-0.3, -0.25) is 4.79 Å². The minimum atomic E-state index is -3.79. The molecule has 1 amide bonds. The monoisotopic (exact) mass is 493 g/mol. The Morgan fingerprint density at radius 3 is 2.36 bits per heavy atom. The Kier molecular flexibility index (Phi) is 7.15. The molecule has 0 radical (unpaired) electrons. The molecule has 2 fully saturated rings. The lowest BCUT2D eigenvalue weighted by Gasteiger charge is -2.15.